The van der Waals surface area contributed by atoms with Gasteiger partial charge in [0.2, 0.25) is 0 Å². The average molecular weight is 290 g/mol. The van der Waals surface area contributed by atoms with E-state index in [1.807, 2.05) is 19.9 Å². The molecule has 2 N–H and O–H groups in total. The topological polar surface area (TPSA) is 57.4 Å². The number of hydrogen-bond acceptors (Lipinski definition) is 4. The van der Waals surface area contributed by atoms with Crippen LogP contribution in [0, 0.1) is 12.7 Å². The molecule has 0 bridgehead atoms. The van der Waals surface area contributed by atoms with Crippen LogP contribution in [0.1, 0.15) is 29.9 Å². The summed E-state index contributed by atoms with van der Waals surface area (Å²) in [4.78, 5) is 4.36. The van der Waals surface area contributed by atoms with Crippen molar-refractivity contribution in [1.82, 2.24) is 4.98 Å². The van der Waals surface area contributed by atoms with E-state index in [9.17, 15) is 4.39 Å². The first-order valence-corrected chi connectivity index (χ1v) is 6.69. The van der Waals surface area contributed by atoms with Crippen molar-refractivity contribution in [2.45, 2.75) is 26.5 Å². The van der Waals surface area contributed by atoms with Crippen LogP contribution in [0.25, 0.3) is 0 Å². The van der Waals surface area contributed by atoms with Gasteiger partial charge in [-0.05, 0) is 19.9 Å². The van der Waals surface area contributed by atoms with E-state index < -0.39 is 0 Å². The highest BCUT2D eigenvalue weighted by atomic mass is 19.1. The zero-order chi connectivity index (χ0) is 15.4. The number of benzene rings is 1. The van der Waals surface area contributed by atoms with E-state index in [4.69, 9.17) is 15.2 Å². The SMILES string of the molecule is COc1cc(C)nc(COc2cc(F)ccc2[C@H](C)N)c1. The van der Waals surface area contributed by atoms with Crippen LogP contribution in [0.5, 0.6) is 11.5 Å². The van der Waals surface area contributed by atoms with Crippen LogP contribution in [0.2, 0.25) is 0 Å². The van der Waals surface area contributed by atoms with Crippen LogP contribution in [0.3, 0.4) is 0 Å². The second-order valence-electron chi connectivity index (χ2n) is 4.90. The summed E-state index contributed by atoms with van der Waals surface area (Å²) in [5, 5.41) is 0. The Morgan fingerprint density at radius 3 is 2.71 bits per heavy atom. The maximum absolute atomic E-state index is 13.4. The Kier molecular flexibility index (Phi) is 4.75. The number of aryl methyl sites for hydroxylation is 1. The van der Waals surface area contributed by atoms with E-state index in [0.29, 0.717) is 17.2 Å². The number of rotatable bonds is 5. The maximum Gasteiger partial charge on any atom is 0.130 e. The van der Waals surface area contributed by atoms with Crippen molar-refractivity contribution < 1.29 is 13.9 Å². The molecule has 0 saturated heterocycles. The number of ether oxygens (including phenoxy) is 2. The van der Waals surface area contributed by atoms with Gasteiger partial charge in [-0.15, -0.1) is 0 Å². The van der Waals surface area contributed by atoms with E-state index >= 15 is 0 Å². The van der Waals surface area contributed by atoms with Crippen LogP contribution in [0.4, 0.5) is 4.39 Å². The standard InChI is InChI=1S/C16H19FN2O2/c1-10-6-14(20-3)8-13(19-10)9-21-16-7-12(17)4-5-15(16)11(2)18/h4-8,11H,9,18H2,1-3H3/t11-/m0/s1. The van der Waals surface area contributed by atoms with Gasteiger partial charge in [0.1, 0.15) is 23.9 Å². The van der Waals surface area contributed by atoms with Gasteiger partial charge in [-0.3, -0.25) is 4.98 Å². The molecule has 1 heterocycles. The lowest BCUT2D eigenvalue weighted by atomic mass is 10.1. The summed E-state index contributed by atoms with van der Waals surface area (Å²) in [6.07, 6.45) is 0. The molecule has 1 aromatic heterocycles. The summed E-state index contributed by atoms with van der Waals surface area (Å²) in [5.41, 5.74) is 8.17. The molecule has 5 heteroatoms. The van der Waals surface area contributed by atoms with Gasteiger partial charge in [0.25, 0.3) is 0 Å². The molecule has 0 amide bonds. The predicted molar refractivity (Wildman–Crippen MR) is 78.9 cm³/mol. The van der Waals surface area contributed by atoms with Gasteiger partial charge in [0.05, 0.1) is 12.8 Å². The van der Waals surface area contributed by atoms with Crippen molar-refractivity contribution in [3.05, 3.63) is 53.1 Å². The number of aromatic nitrogens is 1. The fraction of sp³-hybridized carbons (Fsp3) is 0.312. The van der Waals surface area contributed by atoms with Gasteiger partial charge in [0, 0.05) is 35.5 Å². The molecule has 0 radical (unpaired) electrons. The lowest BCUT2D eigenvalue weighted by Crippen LogP contribution is -2.09. The van der Waals surface area contributed by atoms with Gasteiger partial charge in [0.15, 0.2) is 0 Å². The Hall–Kier alpha value is -2.14. The van der Waals surface area contributed by atoms with Crippen molar-refractivity contribution in [3.8, 4) is 11.5 Å². The van der Waals surface area contributed by atoms with E-state index in [0.717, 1.165) is 11.3 Å². The first-order valence-electron chi connectivity index (χ1n) is 6.69. The Balaban J connectivity index is 2.20. The lowest BCUT2D eigenvalue weighted by Gasteiger charge is -2.14. The van der Waals surface area contributed by atoms with Crippen LogP contribution >= 0.6 is 0 Å². The number of halogens is 1. The summed E-state index contributed by atoms with van der Waals surface area (Å²) < 4.78 is 24.2. The normalized spacial score (nSPS) is 12.0. The molecule has 1 atom stereocenters. The van der Waals surface area contributed by atoms with Crippen molar-refractivity contribution in [3.63, 3.8) is 0 Å². The molecular formula is C16H19FN2O2. The first kappa shape index (κ1) is 15.3. The van der Waals surface area contributed by atoms with E-state index in [2.05, 4.69) is 4.98 Å². The Morgan fingerprint density at radius 1 is 1.29 bits per heavy atom. The van der Waals surface area contributed by atoms with E-state index in [-0.39, 0.29) is 18.5 Å². The Labute approximate surface area is 123 Å². The molecule has 0 saturated carbocycles. The summed E-state index contributed by atoms with van der Waals surface area (Å²) in [5.74, 6) is 0.796. The number of pyridine rings is 1. The summed E-state index contributed by atoms with van der Waals surface area (Å²) >= 11 is 0. The predicted octanol–water partition coefficient (Wildman–Crippen LogP) is 3.14. The van der Waals surface area contributed by atoms with Gasteiger partial charge >= 0.3 is 0 Å². The van der Waals surface area contributed by atoms with Crippen LogP contribution in [0.15, 0.2) is 30.3 Å². The number of nitrogens with zero attached hydrogens (tertiary/aromatic N) is 1. The third-order valence-corrected chi connectivity index (χ3v) is 3.06. The first-order chi connectivity index (χ1) is 9.99. The zero-order valence-electron chi connectivity index (χ0n) is 12.4. The van der Waals surface area contributed by atoms with Gasteiger partial charge in [-0.1, -0.05) is 6.07 Å². The number of methoxy groups -OCH3 is 1. The third kappa shape index (κ3) is 3.92. The Morgan fingerprint density at radius 2 is 2.05 bits per heavy atom. The van der Waals surface area contributed by atoms with E-state index in [1.54, 1.807) is 19.2 Å². The van der Waals surface area contributed by atoms with Crippen molar-refractivity contribution in [1.29, 1.82) is 0 Å². The fourth-order valence-electron chi connectivity index (χ4n) is 2.06. The Bertz CT molecular complexity index is 630. The van der Waals surface area contributed by atoms with Gasteiger partial charge in [-0.25, -0.2) is 4.39 Å². The highest BCUT2D eigenvalue weighted by molar-refractivity contribution is 5.36. The molecular weight excluding hydrogens is 271 g/mol. The molecule has 1 aromatic carbocycles. The lowest BCUT2D eigenvalue weighted by molar-refractivity contribution is 0.293. The molecule has 0 unspecified atom stereocenters. The van der Waals surface area contributed by atoms with Crippen molar-refractivity contribution in [2.24, 2.45) is 5.73 Å². The molecule has 0 aliphatic carbocycles. The van der Waals surface area contributed by atoms with Crippen molar-refractivity contribution >= 4 is 0 Å². The second kappa shape index (κ2) is 6.54. The molecule has 0 fully saturated rings. The number of nitrogens with two attached hydrogens (primary N) is 1. The molecule has 2 aromatic rings. The van der Waals surface area contributed by atoms with Gasteiger partial charge in [-0.2, -0.15) is 0 Å². The molecule has 0 spiro atoms. The quantitative estimate of drug-likeness (QED) is 0.919. The molecule has 0 aliphatic rings. The smallest absolute Gasteiger partial charge is 0.130 e. The molecule has 112 valence electrons. The molecule has 21 heavy (non-hydrogen) atoms. The average Bonchev–Trinajstić information content (AvgIpc) is 2.44. The minimum Gasteiger partial charge on any atom is -0.497 e. The minimum absolute atomic E-state index is 0.223. The molecule has 0 aliphatic heterocycles. The number of hydrogen-bond donors (Lipinski definition) is 1. The highest BCUT2D eigenvalue weighted by Crippen LogP contribution is 2.26. The van der Waals surface area contributed by atoms with Gasteiger partial charge < -0.3 is 15.2 Å². The minimum atomic E-state index is -0.357. The summed E-state index contributed by atoms with van der Waals surface area (Å²) in [6, 6.07) is 7.74. The summed E-state index contributed by atoms with van der Waals surface area (Å²) in [6.45, 7) is 3.93. The van der Waals surface area contributed by atoms with Crippen LogP contribution in [-0.2, 0) is 6.61 Å². The molecule has 4 nitrogen and oxygen atoms in total. The zero-order valence-corrected chi connectivity index (χ0v) is 12.4. The molecule has 2 rings (SSSR count). The monoisotopic (exact) mass is 290 g/mol. The summed E-state index contributed by atoms with van der Waals surface area (Å²) in [7, 11) is 1.60. The van der Waals surface area contributed by atoms with Crippen molar-refractivity contribution in [2.75, 3.05) is 7.11 Å². The maximum atomic E-state index is 13.4. The van der Waals surface area contributed by atoms with Crippen LogP contribution in [-0.4, -0.2) is 12.1 Å². The van der Waals surface area contributed by atoms with E-state index in [1.165, 1.54) is 12.1 Å². The highest BCUT2D eigenvalue weighted by Gasteiger charge is 2.10. The largest absolute Gasteiger partial charge is 0.497 e. The van der Waals surface area contributed by atoms with Crippen LogP contribution < -0.4 is 15.2 Å². The second-order valence-corrected chi connectivity index (χ2v) is 4.90. The third-order valence-electron chi connectivity index (χ3n) is 3.06. The fourth-order valence-corrected chi connectivity index (χ4v) is 2.06.